The lowest BCUT2D eigenvalue weighted by Gasteiger charge is -2.14. The van der Waals surface area contributed by atoms with Crippen LogP contribution in [-0.4, -0.2) is 11.0 Å². The van der Waals surface area contributed by atoms with Crippen LogP contribution in [0.4, 0.5) is 10.1 Å². The zero-order chi connectivity index (χ0) is 14.3. The number of aliphatic hydroxyl groups excluding tert-OH is 1. The molecule has 3 rings (SSSR count). The minimum absolute atomic E-state index is 0.0282. The Morgan fingerprint density at radius 3 is 2.90 bits per heavy atom. The van der Waals surface area contributed by atoms with Crippen LogP contribution in [-0.2, 0) is 11.2 Å². The van der Waals surface area contributed by atoms with Crippen molar-refractivity contribution in [3.05, 3.63) is 63.9 Å². The Morgan fingerprint density at radius 2 is 2.10 bits per heavy atom. The first-order chi connectivity index (χ1) is 9.56. The van der Waals surface area contributed by atoms with Crippen LogP contribution in [0.15, 0.2) is 36.4 Å². The molecule has 0 spiro atoms. The molecule has 2 N–H and O–H groups in total. The van der Waals surface area contributed by atoms with E-state index in [2.05, 4.69) is 5.32 Å². The number of aliphatic hydroxyl groups is 1. The summed E-state index contributed by atoms with van der Waals surface area (Å²) in [4.78, 5) is 11.3. The third-order valence-electron chi connectivity index (χ3n) is 3.35. The molecule has 0 bridgehead atoms. The van der Waals surface area contributed by atoms with Gasteiger partial charge in [0.15, 0.2) is 0 Å². The van der Waals surface area contributed by atoms with E-state index in [-0.39, 0.29) is 22.9 Å². The number of benzene rings is 2. The number of hydrogen-bond donors (Lipinski definition) is 2. The smallest absolute Gasteiger partial charge is 0.228 e. The zero-order valence-electron chi connectivity index (χ0n) is 10.4. The average molecular weight is 292 g/mol. The number of nitrogens with one attached hydrogen (secondary N) is 1. The SMILES string of the molecule is O=C1Cc2cc(C(O)c3cccc(Cl)c3F)ccc2N1. The molecule has 0 saturated heterocycles. The third-order valence-corrected chi connectivity index (χ3v) is 3.64. The van der Waals surface area contributed by atoms with Crippen molar-refractivity contribution in [3.63, 3.8) is 0 Å². The predicted molar refractivity (Wildman–Crippen MR) is 74.2 cm³/mol. The Labute approximate surface area is 120 Å². The molecule has 2 aromatic rings. The molecule has 1 aliphatic heterocycles. The van der Waals surface area contributed by atoms with Crippen LogP contribution in [0, 0.1) is 5.82 Å². The van der Waals surface area contributed by atoms with E-state index >= 15 is 0 Å². The first kappa shape index (κ1) is 13.1. The van der Waals surface area contributed by atoms with Gasteiger partial charge in [0.25, 0.3) is 0 Å². The molecular formula is C15H11ClFNO2. The summed E-state index contributed by atoms with van der Waals surface area (Å²) in [7, 11) is 0. The van der Waals surface area contributed by atoms with E-state index < -0.39 is 11.9 Å². The fourth-order valence-electron chi connectivity index (χ4n) is 2.33. The van der Waals surface area contributed by atoms with Crippen molar-refractivity contribution < 1.29 is 14.3 Å². The van der Waals surface area contributed by atoms with Gasteiger partial charge < -0.3 is 10.4 Å². The maximum absolute atomic E-state index is 13.9. The first-order valence-electron chi connectivity index (χ1n) is 6.11. The summed E-state index contributed by atoms with van der Waals surface area (Å²) in [6.45, 7) is 0. The van der Waals surface area contributed by atoms with Gasteiger partial charge in [-0.2, -0.15) is 0 Å². The molecule has 1 amide bonds. The monoisotopic (exact) mass is 291 g/mol. The molecule has 20 heavy (non-hydrogen) atoms. The summed E-state index contributed by atoms with van der Waals surface area (Å²) in [5.74, 6) is -0.711. The molecule has 1 unspecified atom stereocenters. The van der Waals surface area contributed by atoms with E-state index in [1.807, 2.05) is 0 Å². The Kier molecular flexibility index (Phi) is 3.20. The van der Waals surface area contributed by atoms with Gasteiger partial charge in [-0.25, -0.2) is 4.39 Å². The number of hydrogen-bond acceptors (Lipinski definition) is 2. The second kappa shape index (κ2) is 4.89. The molecule has 2 aromatic carbocycles. The van der Waals surface area contributed by atoms with Crippen molar-refractivity contribution in [2.45, 2.75) is 12.5 Å². The third kappa shape index (κ3) is 2.17. The van der Waals surface area contributed by atoms with E-state index in [1.54, 1.807) is 24.3 Å². The van der Waals surface area contributed by atoms with Crippen molar-refractivity contribution in [2.24, 2.45) is 0 Å². The van der Waals surface area contributed by atoms with Crippen LogP contribution in [0.5, 0.6) is 0 Å². The molecule has 1 heterocycles. The van der Waals surface area contributed by atoms with Gasteiger partial charge in [0.2, 0.25) is 5.91 Å². The van der Waals surface area contributed by atoms with Gasteiger partial charge >= 0.3 is 0 Å². The van der Waals surface area contributed by atoms with Crippen LogP contribution in [0.2, 0.25) is 5.02 Å². The maximum Gasteiger partial charge on any atom is 0.228 e. The second-order valence-corrected chi connectivity index (χ2v) is 5.09. The fourth-order valence-corrected chi connectivity index (χ4v) is 2.51. The summed E-state index contributed by atoms with van der Waals surface area (Å²) in [6.07, 6.45) is -0.844. The molecule has 0 fully saturated rings. The second-order valence-electron chi connectivity index (χ2n) is 4.69. The van der Waals surface area contributed by atoms with Crippen molar-refractivity contribution in [1.82, 2.24) is 0 Å². The van der Waals surface area contributed by atoms with E-state index in [0.717, 1.165) is 11.3 Å². The Morgan fingerprint density at radius 1 is 1.30 bits per heavy atom. The first-order valence-corrected chi connectivity index (χ1v) is 6.48. The highest BCUT2D eigenvalue weighted by Crippen LogP contribution is 2.31. The van der Waals surface area contributed by atoms with Crippen molar-refractivity contribution in [2.75, 3.05) is 5.32 Å². The predicted octanol–water partition coefficient (Wildman–Crippen LogP) is 3.06. The van der Waals surface area contributed by atoms with E-state index in [1.165, 1.54) is 12.1 Å². The van der Waals surface area contributed by atoms with E-state index in [4.69, 9.17) is 11.6 Å². The van der Waals surface area contributed by atoms with Gasteiger partial charge in [-0.15, -0.1) is 0 Å². The highest BCUT2D eigenvalue weighted by atomic mass is 35.5. The minimum Gasteiger partial charge on any atom is -0.384 e. The number of rotatable bonds is 2. The quantitative estimate of drug-likeness (QED) is 0.893. The van der Waals surface area contributed by atoms with E-state index in [0.29, 0.717) is 5.56 Å². The largest absolute Gasteiger partial charge is 0.384 e. The van der Waals surface area contributed by atoms with Crippen molar-refractivity contribution in [3.8, 4) is 0 Å². The van der Waals surface area contributed by atoms with Crippen LogP contribution in [0.25, 0.3) is 0 Å². The number of amides is 1. The molecule has 102 valence electrons. The van der Waals surface area contributed by atoms with Crippen LogP contribution in [0.1, 0.15) is 22.8 Å². The number of halogens is 2. The highest BCUT2D eigenvalue weighted by molar-refractivity contribution is 6.30. The summed E-state index contributed by atoms with van der Waals surface area (Å²) in [5.41, 5.74) is 2.18. The summed E-state index contributed by atoms with van der Waals surface area (Å²) >= 11 is 5.72. The maximum atomic E-state index is 13.9. The van der Waals surface area contributed by atoms with E-state index in [9.17, 15) is 14.3 Å². The van der Waals surface area contributed by atoms with Gasteiger partial charge in [-0.05, 0) is 23.3 Å². The molecule has 0 aliphatic carbocycles. The Bertz CT molecular complexity index is 702. The molecule has 0 aromatic heterocycles. The lowest BCUT2D eigenvalue weighted by Crippen LogP contribution is -2.03. The molecule has 0 saturated carbocycles. The molecule has 5 heteroatoms. The van der Waals surface area contributed by atoms with Crippen LogP contribution in [0.3, 0.4) is 0 Å². The zero-order valence-corrected chi connectivity index (χ0v) is 11.1. The standard InChI is InChI=1S/C15H11ClFNO2/c16-11-3-1-2-10(14(11)17)15(20)8-4-5-12-9(6-8)7-13(19)18-12/h1-6,15,20H,7H2,(H,18,19). The van der Waals surface area contributed by atoms with Crippen LogP contribution >= 0.6 is 11.6 Å². The van der Waals surface area contributed by atoms with Gasteiger partial charge in [0.05, 0.1) is 11.4 Å². The summed E-state index contributed by atoms with van der Waals surface area (Å²) in [6, 6.07) is 9.58. The molecule has 1 aliphatic rings. The van der Waals surface area contributed by atoms with Crippen LogP contribution < -0.4 is 5.32 Å². The molecule has 3 nitrogen and oxygen atoms in total. The van der Waals surface area contributed by atoms with Gasteiger partial charge in [0, 0.05) is 11.3 Å². The molecule has 0 radical (unpaired) electrons. The topological polar surface area (TPSA) is 49.3 Å². The van der Waals surface area contributed by atoms with Crippen molar-refractivity contribution >= 4 is 23.2 Å². The number of carbonyl (C=O) groups is 1. The molecule has 1 atom stereocenters. The lowest BCUT2D eigenvalue weighted by molar-refractivity contribution is -0.115. The van der Waals surface area contributed by atoms with Crippen molar-refractivity contribution in [1.29, 1.82) is 0 Å². The normalized spacial score (nSPS) is 14.8. The highest BCUT2D eigenvalue weighted by Gasteiger charge is 2.21. The summed E-state index contributed by atoms with van der Waals surface area (Å²) < 4.78 is 13.9. The number of anilines is 1. The van der Waals surface area contributed by atoms with Gasteiger partial charge in [-0.3, -0.25) is 4.79 Å². The Balaban J connectivity index is 1.99. The Hall–Kier alpha value is -1.91. The lowest BCUT2D eigenvalue weighted by atomic mass is 9.98. The number of fused-ring (bicyclic) bond motifs is 1. The number of carbonyl (C=O) groups excluding carboxylic acids is 1. The molecular weight excluding hydrogens is 281 g/mol. The minimum atomic E-state index is -1.12. The van der Waals surface area contributed by atoms with Gasteiger partial charge in [0.1, 0.15) is 11.9 Å². The average Bonchev–Trinajstić information content (AvgIpc) is 2.80. The fraction of sp³-hybridized carbons (Fsp3) is 0.133. The summed E-state index contributed by atoms with van der Waals surface area (Å²) in [5, 5.41) is 13.0. The van der Waals surface area contributed by atoms with Gasteiger partial charge in [-0.1, -0.05) is 35.9 Å².